The zero-order valence-corrected chi connectivity index (χ0v) is 26.0. The van der Waals surface area contributed by atoms with Crippen LogP contribution in [0.15, 0.2) is 12.1 Å². The van der Waals surface area contributed by atoms with Crippen molar-refractivity contribution in [1.82, 2.24) is 0 Å². The second kappa shape index (κ2) is 19.2. The summed E-state index contributed by atoms with van der Waals surface area (Å²) in [5.74, 6) is -1.77. The SMILES string of the molecule is CCCCC(CC)COC(C)OC(C)c1ccc(C(=O)O)c(C(=O)O)c1C(C)OC(C)OCC(CC)CCCC. The molecule has 40 heavy (non-hydrogen) atoms. The largest absolute Gasteiger partial charge is 0.478 e. The van der Waals surface area contributed by atoms with Crippen LogP contribution in [0.1, 0.15) is 151 Å². The van der Waals surface area contributed by atoms with Crippen molar-refractivity contribution in [2.75, 3.05) is 13.2 Å². The molecule has 8 heteroatoms. The van der Waals surface area contributed by atoms with Crippen LogP contribution < -0.4 is 0 Å². The van der Waals surface area contributed by atoms with E-state index in [2.05, 4.69) is 27.7 Å². The number of rotatable bonds is 22. The van der Waals surface area contributed by atoms with E-state index < -0.39 is 36.7 Å². The summed E-state index contributed by atoms with van der Waals surface area (Å²) in [5, 5.41) is 19.8. The van der Waals surface area contributed by atoms with Crippen molar-refractivity contribution in [2.45, 2.75) is 132 Å². The topological polar surface area (TPSA) is 112 Å². The maximum Gasteiger partial charge on any atom is 0.336 e. The molecule has 8 nitrogen and oxygen atoms in total. The lowest BCUT2D eigenvalue weighted by Gasteiger charge is -2.28. The van der Waals surface area contributed by atoms with Gasteiger partial charge in [-0.3, -0.25) is 0 Å². The van der Waals surface area contributed by atoms with Crippen LogP contribution in [-0.4, -0.2) is 47.9 Å². The van der Waals surface area contributed by atoms with Gasteiger partial charge in [0.2, 0.25) is 0 Å². The number of aromatic carboxylic acids is 2. The zero-order valence-electron chi connectivity index (χ0n) is 26.0. The van der Waals surface area contributed by atoms with Crippen LogP contribution in [0.4, 0.5) is 0 Å². The Hall–Kier alpha value is -2.00. The minimum Gasteiger partial charge on any atom is -0.478 e. The van der Waals surface area contributed by atoms with Crippen molar-refractivity contribution >= 4 is 11.9 Å². The normalized spacial score (nSPS) is 16.2. The fourth-order valence-corrected chi connectivity index (χ4v) is 4.97. The summed E-state index contributed by atoms with van der Waals surface area (Å²) < 4.78 is 24.3. The maximum absolute atomic E-state index is 12.4. The van der Waals surface area contributed by atoms with Gasteiger partial charge in [0.25, 0.3) is 0 Å². The van der Waals surface area contributed by atoms with Crippen LogP contribution in [-0.2, 0) is 18.9 Å². The fourth-order valence-electron chi connectivity index (χ4n) is 4.97. The Morgan fingerprint density at radius 3 is 1.60 bits per heavy atom. The molecule has 0 aliphatic carbocycles. The molecule has 1 aromatic carbocycles. The predicted octanol–water partition coefficient (Wildman–Crippen LogP) is 8.40. The minimum absolute atomic E-state index is 0.273. The lowest BCUT2D eigenvalue weighted by Crippen LogP contribution is -2.24. The summed E-state index contributed by atoms with van der Waals surface area (Å²) in [5.41, 5.74) is 0.229. The van der Waals surface area contributed by atoms with E-state index in [0.717, 1.165) is 51.4 Å². The Bertz CT molecular complexity index is 886. The molecule has 0 radical (unpaired) electrons. The molecule has 6 unspecified atom stereocenters. The van der Waals surface area contributed by atoms with E-state index in [-0.39, 0.29) is 16.7 Å². The second-order valence-electron chi connectivity index (χ2n) is 10.8. The number of hydrogen-bond donors (Lipinski definition) is 2. The van der Waals surface area contributed by atoms with E-state index >= 15 is 0 Å². The average molecular weight is 567 g/mol. The molecule has 0 aromatic heterocycles. The van der Waals surface area contributed by atoms with E-state index in [0.29, 0.717) is 30.6 Å². The van der Waals surface area contributed by atoms with Crippen molar-refractivity contribution < 1.29 is 38.7 Å². The number of hydrogen-bond acceptors (Lipinski definition) is 6. The molecule has 0 aliphatic heterocycles. The quantitative estimate of drug-likeness (QED) is 0.135. The van der Waals surface area contributed by atoms with Crippen molar-refractivity contribution in [3.05, 3.63) is 34.4 Å². The number of carbonyl (C=O) groups is 2. The van der Waals surface area contributed by atoms with E-state index in [1.807, 2.05) is 13.8 Å². The summed E-state index contributed by atoms with van der Waals surface area (Å²) in [6, 6.07) is 2.93. The third-order valence-corrected chi connectivity index (χ3v) is 7.58. The molecule has 0 fully saturated rings. The van der Waals surface area contributed by atoms with Gasteiger partial charge in [-0.05, 0) is 64.0 Å². The first kappa shape index (κ1) is 36.0. The first-order chi connectivity index (χ1) is 19.0. The molecular weight excluding hydrogens is 512 g/mol. The highest BCUT2D eigenvalue weighted by molar-refractivity contribution is 6.03. The molecule has 0 spiro atoms. The molecule has 230 valence electrons. The average Bonchev–Trinajstić information content (AvgIpc) is 2.92. The van der Waals surface area contributed by atoms with Crippen LogP contribution in [0.3, 0.4) is 0 Å². The van der Waals surface area contributed by atoms with Gasteiger partial charge in [-0.25, -0.2) is 9.59 Å². The Balaban J connectivity index is 3.16. The van der Waals surface area contributed by atoms with Crippen molar-refractivity contribution in [3.63, 3.8) is 0 Å². The molecule has 6 atom stereocenters. The number of unbranched alkanes of at least 4 members (excludes halogenated alkanes) is 2. The van der Waals surface area contributed by atoms with Gasteiger partial charge in [-0.15, -0.1) is 0 Å². The Kier molecular flexibility index (Phi) is 17.3. The molecule has 0 aliphatic rings. The molecule has 2 N–H and O–H groups in total. The zero-order chi connectivity index (χ0) is 30.2. The number of benzene rings is 1. The maximum atomic E-state index is 12.4. The van der Waals surface area contributed by atoms with Gasteiger partial charge < -0.3 is 29.2 Å². The third-order valence-electron chi connectivity index (χ3n) is 7.58. The molecule has 1 aromatic rings. The van der Waals surface area contributed by atoms with Gasteiger partial charge in [0.05, 0.1) is 36.5 Å². The van der Waals surface area contributed by atoms with Crippen molar-refractivity contribution in [1.29, 1.82) is 0 Å². The highest BCUT2D eigenvalue weighted by atomic mass is 16.7. The summed E-state index contributed by atoms with van der Waals surface area (Å²) in [7, 11) is 0. The van der Waals surface area contributed by atoms with Crippen LogP contribution in [0.2, 0.25) is 0 Å². The molecule has 0 amide bonds. The molecule has 0 saturated heterocycles. The first-order valence-electron chi connectivity index (χ1n) is 15.2. The van der Waals surface area contributed by atoms with Crippen LogP contribution in [0, 0.1) is 11.8 Å². The van der Waals surface area contributed by atoms with Gasteiger partial charge in [0, 0.05) is 5.56 Å². The monoisotopic (exact) mass is 566 g/mol. The van der Waals surface area contributed by atoms with Gasteiger partial charge in [-0.2, -0.15) is 0 Å². The summed E-state index contributed by atoms with van der Waals surface area (Å²) in [6.45, 7) is 16.9. The van der Waals surface area contributed by atoms with E-state index in [1.165, 1.54) is 6.07 Å². The van der Waals surface area contributed by atoms with E-state index in [4.69, 9.17) is 18.9 Å². The van der Waals surface area contributed by atoms with E-state index in [9.17, 15) is 19.8 Å². The van der Waals surface area contributed by atoms with Crippen molar-refractivity contribution in [2.24, 2.45) is 11.8 Å². The van der Waals surface area contributed by atoms with Crippen molar-refractivity contribution in [3.8, 4) is 0 Å². The summed E-state index contributed by atoms with van der Waals surface area (Å²) >= 11 is 0. The van der Waals surface area contributed by atoms with E-state index in [1.54, 1.807) is 19.9 Å². The number of carboxylic acids is 2. The lowest BCUT2D eigenvalue weighted by molar-refractivity contribution is -0.170. The number of ether oxygens (including phenoxy) is 4. The van der Waals surface area contributed by atoms with Gasteiger partial charge in [0.15, 0.2) is 12.6 Å². The van der Waals surface area contributed by atoms with Crippen LogP contribution >= 0.6 is 0 Å². The predicted molar refractivity (Wildman–Crippen MR) is 157 cm³/mol. The van der Waals surface area contributed by atoms with Gasteiger partial charge in [-0.1, -0.05) is 72.3 Å². The lowest BCUT2D eigenvalue weighted by atomic mass is 9.90. The standard InChI is InChI=1S/C32H54O8/c1-9-13-15-25(11-3)19-37-23(7)39-21(5)27-17-18-28(31(33)34)30(32(35)36)29(27)22(6)40-24(8)38-20-26(12-4)16-14-10-2/h17-18,21-26H,9-16,19-20H2,1-8H3,(H,33,34)(H,35,36). The smallest absolute Gasteiger partial charge is 0.336 e. The van der Waals surface area contributed by atoms with Crippen LogP contribution in [0.25, 0.3) is 0 Å². The van der Waals surface area contributed by atoms with Gasteiger partial charge in [0.1, 0.15) is 0 Å². The highest BCUT2D eigenvalue weighted by Crippen LogP contribution is 2.35. The fraction of sp³-hybridized carbons (Fsp3) is 0.750. The minimum atomic E-state index is -1.33. The molecule has 0 heterocycles. The second-order valence-corrected chi connectivity index (χ2v) is 10.8. The van der Waals surface area contributed by atoms with Crippen LogP contribution in [0.5, 0.6) is 0 Å². The Morgan fingerprint density at radius 1 is 0.725 bits per heavy atom. The summed E-state index contributed by atoms with van der Waals surface area (Å²) in [6.07, 6.45) is 6.31. The molecular formula is C32H54O8. The Morgan fingerprint density at radius 2 is 1.20 bits per heavy atom. The first-order valence-corrected chi connectivity index (χ1v) is 15.2. The van der Waals surface area contributed by atoms with Gasteiger partial charge >= 0.3 is 11.9 Å². The molecule has 0 bridgehead atoms. The molecule has 1 rings (SSSR count). The highest BCUT2D eigenvalue weighted by Gasteiger charge is 2.30. The Labute approximate surface area is 241 Å². The number of carboxylic acid groups (broad SMARTS) is 2. The summed E-state index contributed by atoms with van der Waals surface area (Å²) in [4.78, 5) is 24.3. The third kappa shape index (κ3) is 11.9. The molecule has 0 saturated carbocycles.